The van der Waals surface area contributed by atoms with Gasteiger partial charge in [0.2, 0.25) is 5.91 Å². The maximum absolute atomic E-state index is 12.8. The Balaban J connectivity index is 2.52. The highest BCUT2D eigenvalue weighted by Crippen LogP contribution is 2.47. The zero-order valence-electron chi connectivity index (χ0n) is 31.2. The quantitative estimate of drug-likeness (QED) is 0.0299. The van der Waals surface area contributed by atoms with Gasteiger partial charge in [-0.1, -0.05) is 155 Å². The van der Waals surface area contributed by atoms with Gasteiger partial charge in [-0.05, 0) is 12.8 Å². The molecule has 12 nitrogen and oxygen atoms in total. The summed E-state index contributed by atoms with van der Waals surface area (Å²) < 4.78 is 22.8. The minimum atomic E-state index is -5.04. The number of aliphatic hydroxyl groups excluding tert-OH is 6. The summed E-state index contributed by atoms with van der Waals surface area (Å²) in [5.74, 6) is -0.310. The molecule has 0 saturated heterocycles. The zero-order valence-corrected chi connectivity index (χ0v) is 32.1. The number of aliphatic hydroxyl groups is 6. The van der Waals surface area contributed by atoms with Crippen molar-refractivity contribution in [1.29, 1.82) is 0 Å². The van der Waals surface area contributed by atoms with Crippen LogP contribution in [0.15, 0.2) is 0 Å². The molecule has 0 aliphatic heterocycles. The molecular weight excluding hydrogens is 665 g/mol. The monoisotopic (exact) mass is 739 g/mol. The van der Waals surface area contributed by atoms with Crippen LogP contribution in [0, 0.1) is 0 Å². The molecule has 0 aromatic heterocycles. The molecule has 0 aromatic carbocycles. The summed E-state index contributed by atoms with van der Waals surface area (Å²) >= 11 is 0. The first-order valence-electron chi connectivity index (χ1n) is 20.0. The number of hydrogen-bond acceptors (Lipinski definition) is 10. The second kappa shape index (κ2) is 28.8. The van der Waals surface area contributed by atoms with Gasteiger partial charge in [0.05, 0.1) is 18.8 Å². The van der Waals surface area contributed by atoms with Gasteiger partial charge in [0, 0.05) is 6.42 Å². The van der Waals surface area contributed by atoms with Crippen molar-refractivity contribution in [1.82, 2.24) is 5.32 Å². The lowest BCUT2D eigenvalue weighted by atomic mass is 9.85. The van der Waals surface area contributed by atoms with Gasteiger partial charge in [0.15, 0.2) is 0 Å². The first kappa shape index (κ1) is 47.4. The van der Waals surface area contributed by atoms with E-state index in [1.54, 1.807) is 0 Å². The summed E-state index contributed by atoms with van der Waals surface area (Å²) in [6, 6.07) is -1.02. The lowest BCUT2D eigenvalue weighted by molar-refractivity contribution is -0.220. The van der Waals surface area contributed by atoms with E-state index in [4.69, 9.17) is 9.05 Å². The molecule has 1 aliphatic carbocycles. The Morgan fingerprint density at radius 1 is 0.600 bits per heavy atom. The fourth-order valence-electron chi connectivity index (χ4n) is 6.55. The molecule has 8 N–H and O–H groups in total. The van der Waals surface area contributed by atoms with Crippen LogP contribution in [0.4, 0.5) is 0 Å². The predicted molar refractivity (Wildman–Crippen MR) is 195 cm³/mol. The van der Waals surface area contributed by atoms with Crippen molar-refractivity contribution in [2.45, 2.75) is 223 Å². The molecule has 13 heteroatoms. The normalized spacial score (nSPS) is 24.9. The summed E-state index contributed by atoms with van der Waals surface area (Å²) in [6.45, 7) is 3.83. The number of amides is 1. The first-order valence-corrected chi connectivity index (χ1v) is 21.5. The molecule has 0 spiro atoms. The SMILES string of the molecule is CCCCCCCCCCCCCCCCC(=O)N[C@@H](COP(=O)(O)OC1C(O)C(O)C(O)[C@@H](O)C1O)[C@H](O)CCCCCCCCCCC. The van der Waals surface area contributed by atoms with Crippen molar-refractivity contribution in [3.8, 4) is 0 Å². The maximum Gasteiger partial charge on any atom is 0.472 e. The number of nitrogens with one attached hydrogen (secondary N) is 1. The minimum absolute atomic E-state index is 0.241. The van der Waals surface area contributed by atoms with E-state index in [9.17, 15) is 44.9 Å². The maximum atomic E-state index is 12.8. The van der Waals surface area contributed by atoms with Crippen LogP contribution in [-0.4, -0.2) is 96.8 Å². The molecule has 0 aromatic rings. The van der Waals surface area contributed by atoms with E-state index in [2.05, 4.69) is 19.2 Å². The molecule has 0 radical (unpaired) electrons. The highest BCUT2D eigenvalue weighted by Gasteiger charge is 2.51. The largest absolute Gasteiger partial charge is 0.472 e. The van der Waals surface area contributed by atoms with Gasteiger partial charge in [-0.15, -0.1) is 0 Å². The van der Waals surface area contributed by atoms with E-state index in [0.29, 0.717) is 19.3 Å². The third-order valence-corrected chi connectivity index (χ3v) is 10.9. The second-order valence-electron chi connectivity index (χ2n) is 14.5. The smallest absolute Gasteiger partial charge is 0.391 e. The second-order valence-corrected chi connectivity index (χ2v) is 15.9. The molecule has 1 saturated carbocycles. The molecule has 298 valence electrons. The van der Waals surface area contributed by atoms with Gasteiger partial charge in [-0.2, -0.15) is 0 Å². The fourth-order valence-corrected chi connectivity index (χ4v) is 7.52. The van der Waals surface area contributed by atoms with Crippen LogP contribution in [0.3, 0.4) is 0 Å². The minimum Gasteiger partial charge on any atom is -0.391 e. The van der Waals surface area contributed by atoms with Gasteiger partial charge < -0.3 is 40.8 Å². The number of carbonyl (C=O) groups excluding carboxylic acids is 1. The Labute approximate surface area is 302 Å². The zero-order chi connectivity index (χ0) is 37.2. The fraction of sp³-hybridized carbons (Fsp3) is 0.973. The number of hydrogen-bond donors (Lipinski definition) is 8. The Morgan fingerprint density at radius 3 is 1.38 bits per heavy atom. The molecule has 6 unspecified atom stereocenters. The lowest BCUT2D eigenvalue weighted by Crippen LogP contribution is -2.64. The van der Waals surface area contributed by atoms with Crippen LogP contribution in [-0.2, 0) is 18.4 Å². The molecule has 0 heterocycles. The van der Waals surface area contributed by atoms with Gasteiger partial charge in [0.1, 0.15) is 36.6 Å². The Hall–Kier alpha value is -0.660. The van der Waals surface area contributed by atoms with Gasteiger partial charge >= 0.3 is 7.82 Å². The molecule has 1 aliphatic rings. The summed E-state index contributed by atoms with van der Waals surface area (Å²) in [7, 11) is -5.04. The van der Waals surface area contributed by atoms with Crippen LogP contribution < -0.4 is 5.32 Å². The molecule has 1 amide bonds. The van der Waals surface area contributed by atoms with Crippen molar-refractivity contribution in [2.75, 3.05) is 6.61 Å². The van der Waals surface area contributed by atoms with Crippen LogP contribution in [0.2, 0.25) is 0 Å². The summed E-state index contributed by atoms with van der Waals surface area (Å²) in [5.41, 5.74) is 0. The van der Waals surface area contributed by atoms with Crippen LogP contribution in [0.5, 0.6) is 0 Å². The van der Waals surface area contributed by atoms with E-state index in [0.717, 1.165) is 38.5 Å². The van der Waals surface area contributed by atoms with Gasteiger partial charge in [0.25, 0.3) is 0 Å². The van der Waals surface area contributed by atoms with E-state index >= 15 is 0 Å². The summed E-state index contributed by atoms with van der Waals surface area (Å²) in [6.07, 6.45) is 14.4. The van der Waals surface area contributed by atoms with Crippen molar-refractivity contribution < 1.29 is 53.9 Å². The highest BCUT2D eigenvalue weighted by molar-refractivity contribution is 7.47. The van der Waals surface area contributed by atoms with Crippen LogP contribution in [0.25, 0.3) is 0 Å². The van der Waals surface area contributed by atoms with Crippen LogP contribution >= 0.6 is 7.82 Å². The van der Waals surface area contributed by atoms with Gasteiger partial charge in [-0.25, -0.2) is 4.57 Å². The Bertz CT molecular complexity index is 868. The molecule has 1 fully saturated rings. The summed E-state index contributed by atoms with van der Waals surface area (Å²) in [4.78, 5) is 23.2. The van der Waals surface area contributed by atoms with Crippen molar-refractivity contribution in [3.63, 3.8) is 0 Å². The Morgan fingerprint density at radius 2 is 0.960 bits per heavy atom. The molecule has 50 heavy (non-hydrogen) atoms. The molecule has 1 rings (SSSR count). The Kier molecular flexibility index (Phi) is 27.3. The number of carbonyl (C=O) groups is 1. The first-order chi connectivity index (χ1) is 23.9. The summed E-state index contributed by atoms with van der Waals surface area (Å²) in [5, 5.41) is 63.7. The van der Waals surface area contributed by atoms with E-state index in [1.165, 1.54) is 96.3 Å². The number of rotatable bonds is 32. The van der Waals surface area contributed by atoms with Crippen LogP contribution in [0.1, 0.15) is 174 Å². The average molecular weight is 740 g/mol. The van der Waals surface area contributed by atoms with E-state index < -0.39 is 63.2 Å². The number of phosphoric acid groups is 1. The third-order valence-electron chi connectivity index (χ3n) is 9.92. The lowest BCUT2D eigenvalue weighted by Gasteiger charge is -2.41. The number of unbranched alkanes of at least 4 members (excludes halogenated alkanes) is 21. The van der Waals surface area contributed by atoms with Crippen molar-refractivity contribution >= 4 is 13.7 Å². The average Bonchev–Trinajstić information content (AvgIpc) is 3.09. The third kappa shape index (κ3) is 21.1. The number of phosphoric ester groups is 1. The van der Waals surface area contributed by atoms with Crippen molar-refractivity contribution in [2.24, 2.45) is 0 Å². The topological polar surface area (TPSA) is 206 Å². The molecular formula is C37H74NO11P. The highest BCUT2D eigenvalue weighted by atomic mass is 31.2. The molecule has 9 atom stereocenters. The predicted octanol–water partition coefficient (Wildman–Crippen LogP) is 5.94. The van der Waals surface area contributed by atoms with E-state index in [-0.39, 0.29) is 12.3 Å². The van der Waals surface area contributed by atoms with Gasteiger partial charge in [-0.3, -0.25) is 13.8 Å². The van der Waals surface area contributed by atoms with Crippen molar-refractivity contribution in [3.05, 3.63) is 0 Å². The van der Waals surface area contributed by atoms with E-state index in [1.807, 2.05) is 0 Å². The standard InChI is InChI=1S/C37H74NO11P/c1-3-5-7-9-11-13-14-15-16-17-19-21-23-25-27-31(40)38-29(30(39)26-24-22-20-18-12-10-8-6-4-2)28-48-50(46,47)49-37-35(44)33(42)32(41)34(43)36(37)45/h29-30,32-37,39,41-45H,3-28H2,1-2H3,(H,38,40)(H,46,47)/t29-,30+,32?,33+,34?,35?,36?,37?/m0/s1. The molecule has 0 bridgehead atoms.